The highest BCUT2D eigenvalue weighted by molar-refractivity contribution is 5.85. The van der Waals surface area contributed by atoms with Crippen LogP contribution in [0.25, 0.3) is 6.08 Å². The van der Waals surface area contributed by atoms with Gasteiger partial charge in [-0.3, -0.25) is 4.79 Å². The van der Waals surface area contributed by atoms with Gasteiger partial charge in [-0.15, -0.1) is 0 Å². The van der Waals surface area contributed by atoms with Gasteiger partial charge < -0.3 is 10.6 Å². The number of nitrogens with zero attached hydrogens (tertiary/aromatic N) is 1. The van der Waals surface area contributed by atoms with Crippen molar-refractivity contribution in [2.75, 3.05) is 13.1 Å². The summed E-state index contributed by atoms with van der Waals surface area (Å²) in [7, 11) is 0. The standard InChI is InChI=1S/C18H26N2O/c1-14-4-6-15(7-5-14)8-9-16-10-12-20(13-11-16)17(21)18(2,3)19/h4-9,16H,10-13,19H2,1-3H3. The molecule has 1 amide bonds. The smallest absolute Gasteiger partial charge is 0.242 e. The second-order valence-electron chi connectivity index (χ2n) is 6.62. The minimum atomic E-state index is -0.759. The maximum Gasteiger partial charge on any atom is 0.242 e. The first-order valence-electron chi connectivity index (χ1n) is 7.69. The number of allylic oxidation sites excluding steroid dienone is 1. The Morgan fingerprint density at radius 1 is 1.24 bits per heavy atom. The summed E-state index contributed by atoms with van der Waals surface area (Å²) >= 11 is 0. The fraction of sp³-hybridized carbons (Fsp3) is 0.500. The van der Waals surface area contributed by atoms with E-state index >= 15 is 0 Å². The van der Waals surface area contributed by atoms with Gasteiger partial charge in [-0.05, 0) is 45.1 Å². The Morgan fingerprint density at radius 3 is 2.33 bits per heavy atom. The number of nitrogens with two attached hydrogens (primary N) is 1. The molecule has 1 aliphatic rings. The van der Waals surface area contributed by atoms with Gasteiger partial charge in [0.15, 0.2) is 0 Å². The fourth-order valence-electron chi connectivity index (χ4n) is 2.63. The molecular formula is C18H26N2O. The Labute approximate surface area is 127 Å². The summed E-state index contributed by atoms with van der Waals surface area (Å²) in [5.74, 6) is 0.611. The molecule has 0 aliphatic carbocycles. The number of likely N-dealkylation sites (tertiary alicyclic amines) is 1. The molecule has 114 valence electrons. The Kier molecular flexibility index (Phi) is 4.84. The van der Waals surface area contributed by atoms with Crippen LogP contribution >= 0.6 is 0 Å². The first-order chi connectivity index (χ1) is 9.86. The van der Waals surface area contributed by atoms with Gasteiger partial charge >= 0.3 is 0 Å². The Hall–Kier alpha value is -1.61. The summed E-state index contributed by atoms with van der Waals surface area (Å²) in [5, 5.41) is 0. The second-order valence-corrected chi connectivity index (χ2v) is 6.62. The van der Waals surface area contributed by atoms with E-state index < -0.39 is 5.54 Å². The third-order valence-corrected chi connectivity index (χ3v) is 4.02. The van der Waals surface area contributed by atoms with E-state index in [0.717, 1.165) is 25.9 Å². The molecular weight excluding hydrogens is 260 g/mol. The minimum Gasteiger partial charge on any atom is -0.341 e. The zero-order valence-corrected chi connectivity index (χ0v) is 13.3. The van der Waals surface area contributed by atoms with E-state index in [9.17, 15) is 4.79 Å². The molecule has 0 bridgehead atoms. The number of carbonyl (C=O) groups excluding carboxylic acids is 1. The average Bonchev–Trinajstić information content (AvgIpc) is 2.45. The van der Waals surface area contributed by atoms with Crippen LogP contribution in [-0.4, -0.2) is 29.4 Å². The van der Waals surface area contributed by atoms with Gasteiger partial charge in [-0.2, -0.15) is 0 Å². The Morgan fingerprint density at radius 2 is 1.81 bits per heavy atom. The topological polar surface area (TPSA) is 46.3 Å². The molecule has 1 aromatic carbocycles. The van der Waals surface area contributed by atoms with Crippen molar-refractivity contribution in [1.82, 2.24) is 4.90 Å². The lowest BCUT2D eigenvalue weighted by molar-refractivity contribution is -0.137. The van der Waals surface area contributed by atoms with Crippen LogP contribution in [0.15, 0.2) is 30.3 Å². The lowest BCUT2D eigenvalue weighted by atomic mass is 9.94. The number of piperidine rings is 1. The van der Waals surface area contributed by atoms with Gasteiger partial charge in [0.25, 0.3) is 0 Å². The Balaban J connectivity index is 1.87. The number of amides is 1. The molecule has 0 spiro atoms. The monoisotopic (exact) mass is 286 g/mol. The minimum absolute atomic E-state index is 0.0588. The zero-order chi connectivity index (χ0) is 15.5. The van der Waals surface area contributed by atoms with Crippen molar-refractivity contribution in [3.63, 3.8) is 0 Å². The number of aryl methyl sites for hydroxylation is 1. The summed E-state index contributed by atoms with van der Waals surface area (Å²) in [6.45, 7) is 7.27. The van der Waals surface area contributed by atoms with Crippen LogP contribution < -0.4 is 5.73 Å². The molecule has 1 aromatic rings. The molecule has 0 radical (unpaired) electrons. The van der Waals surface area contributed by atoms with E-state index in [1.807, 2.05) is 4.90 Å². The Bertz CT molecular complexity index is 503. The van der Waals surface area contributed by atoms with E-state index in [2.05, 4.69) is 43.3 Å². The summed E-state index contributed by atoms with van der Waals surface area (Å²) < 4.78 is 0. The normalized spacial score (nSPS) is 17.4. The number of rotatable bonds is 3. The summed E-state index contributed by atoms with van der Waals surface area (Å²) in [5.41, 5.74) is 7.65. The molecule has 2 N–H and O–H groups in total. The lowest BCUT2D eigenvalue weighted by Crippen LogP contribution is -2.53. The SMILES string of the molecule is Cc1ccc(C=CC2CCN(C(=O)C(C)(C)N)CC2)cc1. The quantitative estimate of drug-likeness (QED) is 0.928. The molecule has 0 aromatic heterocycles. The molecule has 21 heavy (non-hydrogen) atoms. The molecule has 3 heteroatoms. The second kappa shape index (κ2) is 6.44. The predicted octanol–water partition coefficient (Wildman–Crippen LogP) is 2.98. The molecule has 2 rings (SSSR count). The van der Waals surface area contributed by atoms with Crippen molar-refractivity contribution in [1.29, 1.82) is 0 Å². The van der Waals surface area contributed by atoms with E-state index in [-0.39, 0.29) is 5.91 Å². The van der Waals surface area contributed by atoms with Gasteiger partial charge in [0, 0.05) is 13.1 Å². The lowest BCUT2D eigenvalue weighted by Gasteiger charge is -2.34. The van der Waals surface area contributed by atoms with Crippen molar-refractivity contribution in [2.24, 2.45) is 11.7 Å². The van der Waals surface area contributed by atoms with Crippen LogP contribution in [0.3, 0.4) is 0 Å². The van der Waals surface area contributed by atoms with Crippen LogP contribution in [0.1, 0.15) is 37.8 Å². The number of hydrogen-bond acceptors (Lipinski definition) is 2. The van der Waals surface area contributed by atoms with Crippen molar-refractivity contribution >= 4 is 12.0 Å². The summed E-state index contributed by atoms with van der Waals surface area (Å²) in [6, 6.07) is 8.54. The number of carbonyl (C=O) groups is 1. The molecule has 1 fully saturated rings. The average molecular weight is 286 g/mol. The van der Waals surface area contributed by atoms with Crippen molar-refractivity contribution in [3.05, 3.63) is 41.5 Å². The van der Waals surface area contributed by atoms with Crippen molar-refractivity contribution in [3.8, 4) is 0 Å². The van der Waals surface area contributed by atoms with Crippen LogP contribution in [0.5, 0.6) is 0 Å². The molecule has 0 saturated carbocycles. The summed E-state index contributed by atoms with van der Waals surface area (Å²) in [4.78, 5) is 14.0. The van der Waals surface area contributed by atoms with Crippen molar-refractivity contribution in [2.45, 2.75) is 39.2 Å². The molecule has 1 saturated heterocycles. The van der Waals surface area contributed by atoms with E-state index in [1.165, 1.54) is 11.1 Å². The highest BCUT2D eigenvalue weighted by atomic mass is 16.2. The third-order valence-electron chi connectivity index (χ3n) is 4.02. The highest BCUT2D eigenvalue weighted by Gasteiger charge is 2.30. The first kappa shape index (κ1) is 15.8. The van der Waals surface area contributed by atoms with Gasteiger partial charge in [-0.1, -0.05) is 42.0 Å². The maximum atomic E-state index is 12.1. The van der Waals surface area contributed by atoms with Gasteiger partial charge in [-0.25, -0.2) is 0 Å². The van der Waals surface area contributed by atoms with Crippen LogP contribution in [-0.2, 0) is 4.79 Å². The molecule has 1 heterocycles. The van der Waals surface area contributed by atoms with E-state index in [1.54, 1.807) is 13.8 Å². The van der Waals surface area contributed by atoms with Crippen LogP contribution in [0, 0.1) is 12.8 Å². The summed E-state index contributed by atoms with van der Waals surface area (Å²) in [6.07, 6.45) is 6.50. The fourth-order valence-corrected chi connectivity index (χ4v) is 2.63. The zero-order valence-electron chi connectivity index (χ0n) is 13.3. The predicted molar refractivity (Wildman–Crippen MR) is 87.8 cm³/mol. The first-order valence-corrected chi connectivity index (χ1v) is 7.69. The van der Waals surface area contributed by atoms with E-state index in [4.69, 9.17) is 5.73 Å². The van der Waals surface area contributed by atoms with Crippen LogP contribution in [0.4, 0.5) is 0 Å². The number of hydrogen-bond donors (Lipinski definition) is 1. The number of benzene rings is 1. The largest absolute Gasteiger partial charge is 0.341 e. The van der Waals surface area contributed by atoms with Gasteiger partial charge in [0.2, 0.25) is 5.91 Å². The molecule has 3 nitrogen and oxygen atoms in total. The van der Waals surface area contributed by atoms with Gasteiger partial charge in [0.1, 0.15) is 0 Å². The van der Waals surface area contributed by atoms with Gasteiger partial charge in [0.05, 0.1) is 5.54 Å². The molecule has 1 aliphatic heterocycles. The maximum absolute atomic E-state index is 12.1. The van der Waals surface area contributed by atoms with E-state index in [0.29, 0.717) is 5.92 Å². The molecule has 0 atom stereocenters. The van der Waals surface area contributed by atoms with Crippen LogP contribution in [0.2, 0.25) is 0 Å². The molecule has 0 unspecified atom stereocenters. The highest BCUT2D eigenvalue weighted by Crippen LogP contribution is 2.21. The van der Waals surface area contributed by atoms with Crippen molar-refractivity contribution < 1.29 is 4.79 Å². The third kappa shape index (κ3) is 4.43.